The first-order valence-corrected chi connectivity index (χ1v) is 5.74. The molecule has 1 aliphatic carbocycles. The number of hydrogen-bond donors (Lipinski definition) is 3. The van der Waals surface area contributed by atoms with E-state index < -0.39 is 16.6 Å². The Bertz CT molecular complexity index is 391. The third-order valence-electron chi connectivity index (χ3n) is 2.51. The molecule has 1 aliphatic heterocycles. The molecular weight excluding hydrogens is 220 g/mol. The first-order chi connectivity index (χ1) is 7.03. The number of amides is 2. The standard InChI is InChI=1S/C7H12N4O3S/c1-5-4-11(6(12)9-8-5)7(2-3-7)10-15(13)14/h15H,2-4H2,1H3,(H,9,12)(H,10,13,14). The Hall–Kier alpha value is -1.15. The number of carbonyl (C=O) groups is 1. The van der Waals surface area contributed by atoms with E-state index >= 15 is 0 Å². The van der Waals surface area contributed by atoms with Crippen molar-refractivity contribution in [1.82, 2.24) is 15.0 Å². The van der Waals surface area contributed by atoms with Crippen LogP contribution in [0.25, 0.3) is 0 Å². The smallest absolute Gasteiger partial charge is 0.298 e. The summed E-state index contributed by atoms with van der Waals surface area (Å²) in [6, 6.07) is -0.359. The van der Waals surface area contributed by atoms with Crippen LogP contribution in [0, 0.1) is 0 Å². The molecule has 0 aromatic rings. The average Bonchev–Trinajstić information content (AvgIpc) is 2.89. The second-order valence-corrected chi connectivity index (χ2v) is 4.49. The zero-order valence-corrected chi connectivity index (χ0v) is 9.08. The first-order valence-electron chi connectivity index (χ1n) is 4.56. The maximum Gasteiger partial charge on any atom is 0.339 e. The van der Waals surface area contributed by atoms with Gasteiger partial charge in [0.2, 0.25) is 10.9 Å². The van der Waals surface area contributed by atoms with Crippen molar-refractivity contribution in [2.75, 3.05) is 6.54 Å². The number of hydrazone groups is 1. The highest BCUT2D eigenvalue weighted by molar-refractivity contribution is 7.70. The molecular formula is C7H12N4O3S. The Labute approximate surface area is 88.6 Å². The first kappa shape index (κ1) is 10.4. The molecule has 0 bridgehead atoms. The van der Waals surface area contributed by atoms with Gasteiger partial charge in [-0.05, 0) is 19.8 Å². The average molecular weight is 232 g/mol. The van der Waals surface area contributed by atoms with Crippen LogP contribution in [0.2, 0.25) is 0 Å². The third kappa shape index (κ3) is 1.95. The van der Waals surface area contributed by atoms with Crippen LogP contribution in [-0.4, -0.2) is 37.3 Å². The minimum absolute atomic E-state index is 0.359. The Kier molecular flexibility index (Phi) is 2.39. The molecule has 0 saturated heterocycles. The third-order valence-corrected chi connectivity index (χ3v) is 3.11. The summed E-state index contributed by atoms with van der Waals surface area (Å²) in [5, 5.41) is 3.78. The molecule has 0 aromatic heterocycles. The van der Waals surface area contributed by atoms with Gasteiger partial charge in [0.25, 0.3) is 0 Å². The van der Waals surface area contributed by atoms with Crippen LogP contribution in [0.4, 0.5) is 4.79 Å². The number of thiol groups is 1. The van der Waals surface area contributed by atoms with Gasteiger partial charge in [0.1, 0.15) is 5.66 Å². The van der Waals surface area contributed by atoms with E-state index in [4.69, 9.17) is 0 Å². The van der Waals surface area contributed by atoms with Crippen LogP contribution in [0.1, 0.15) is 19.8 Å². The molecule has 1 saturated carbocycles. The molecule has 0 radical (unpaired) electrons. The monoisotopic (exact) mass is 232 g/mol. The molecule has 1 heterocycles. The number of urea groups is 1. The van der Waals surface area contributed by atoms with Gasteiger partial charge in [0.15, 0.2) is 0 Å². The highest BCUT2D eigenvalue weighted by Gasteiger charge is 2.51. The Morgan fingerprint density at radius 1 is 1.53 bits per heavy atom. The minimum atomic E-state index is -2.70. The van der Waals surface area contributed by atoms with Gasteiger partial charge >= 0.3 is 6.03 Å². The molecule has 1 fully saturated rings. The molecule has 0 aromatic carbocycles. The Balaban J connectivity index is 2.16. The zero-order valence-electron chi connectivity index (χ0n) is 8.19. The van der Waals surface area contributed by atoms with E-state index in [9.17, 15) is 13.2 Å². The predicted octanol–water partition coefficient (Wildman–Crippen LogP) is -1.01. The van der Waals surface area contributed by atoms with Crippen LogP contribution >= 0.6 is 0 Å². The summed E-state index contributed by atoms with van der Waals surface area (Å²) < 4.78 is 23.7. The Morgan fingerprint density at radius 2 is 2.20 bits per heavy atom. The maximum atomic E-state index is 11.5. The zero-order chi connectivity index (χ0) is 11.1. The molecule has 0 unspecified atom stereocenters. The van der Waals surface area contributed by atoms with Crippen molar-refractivity contribution >= 4 is 22.6 Å². The van der Waals surface area contributed by atoms with Gasteiger partial charge in [-0.15, -0.1) is 0 Å². The summed E-state index contributed by atoms with van der Waals surface area (Å²) in [7, 11) is -2.70. The van der Waals surface area contributed by atoms with Crippen molar-refractivity contribution in [3.63, 3.8) is 0 Å². The summed E-state index contributed by atoms with van der Waals surface area (Å²) in [5.41, 5.74) is 2.38. The SMILES string of the molecule is CC1=NNC(=O)N(C2(N[SH](=O)=O)CC2)C1. The van der Waals surface area contributed by atoms with E-state index in [0.29, 0.717) is 19.4 Å². The Morgan fingerprint density at radius 3 is 2.73 bits per heavy atom. The van der Waals surface area contributed by atoms with Crippen molar-refractivity contribution < 1.29 is 13.2 Å². The van der Waals surface area contributed by atoms with E-state index in [2.05, 4.69) is 15.2 Å². The summed E-state index contributed by atoms with van der Waals surface area (Å²) in [6.45, 7) is 2.14. The van der Waals surface area contributed by atoms with Crippen molar-refractivity contribution in [2.45, 2.75) is 25.4 Å². The lowest BCUT2D eigenvalue weighted by Gasteiger charge is -2.32. The summed E-state index contributed by atoms with van der Waals surface area (Å²) in [6.07, 6.45) is 1.30. The molecule has 2 amide bonds. The molecule has 2 aliphatic rings. The second-order valence-electron chi connectivity index (χ2n) is 3.75. The van der Waals surface area contributed by atoms with E-state index in [1.165, 1.54) is 4.90 Å². The lowest BCUT2D eigenvalue weighted by Crippen LogP contribution is -2.57. The fourth-order valence-electron chi connectivity index (χ4n) is 1.62. The van der Waals surface area contributed by atoms with Gasteiger partial charge in [0, 0.05) is 0 Å². The minimum Gasteiger partial charge on any atom is -0.298 e. The number of nitrogens with zero attached hydrogens (tertiary/aromatic N) is 2. The van der Waals surface area contributed by atoms with Crippen LogP contribution in [0.3, 0.4) is 0 Å². The number of carbonyl (C=O) groups excluding carboxylic acids is 1. The highest BCUT2D eigenvalue weighted by atomic mass is 32.2. The van der Waals surface area contributed by atoms with Crippen molar-refractivity contribution in [2.24, 2.45) is 5.10 Å². The van der Waals surface area contributed by atoms with Crippen LogP contribution in [0.5, 0.6) is 0 Å². The molecule has 84 valence electrons. The number of nitrogens with one attached hydrogen (secondary N) is 2. The fraction of sp³-hybridized carbons (Fsp3) is 0.714. The molecule has 2 rings (SSSR count). The maximum absolute atomic E-state index is 11.5. The van der Waals surface area contributed by atoms with Crippen molar-refractivity contribution in [3.05, 3.63) is 0 Å². The normalized spacial score (nSPS) is 23.7. The lowest BCUT2D eigenvalue weighted by atomic mass is 10.3. The van der Waals surface area contributed by atoms with E-state index in [0.717, 1.165) is 5.71 Å². The van der Waals surface area contributed by atoms with E-state index in [1.54, 1.807) is 6.92 Å². The summed E-state index contributed by atoms with van der Waals surface area (Å²) >= 11 is 0. The van der Waals surface area contributed by atoms with Gasteiger partial charge in [-0.1, -0.05) is 0 Å². The van der Waals surface area contributed by atoms with Gasteiger partial charge in [0.05, 0.1) is 12.3 Å². The number of rotatable bonds is 3. The fourth-order valence-corrected chi connectivity index (χ4v) is 2.30. The van der Waals surface area contributed by atoms with Crippen LogP contribution in [0.15, 0.2) is 5.10 Å². The van der Waals surface area contributed by atoms with Gasteiger partial charge in [-0.25, -0.2) is 18.6 Å². The molecule has 2 N–H and O–H groups in total. The van der Waals surface area contributed by atoms with Crippen molar-refractivity contribution in [3.8, 4) is 0 Å². The molecule has 0 spiro atoms. The largest absolute Gasteiger partial charge is 0.339 e. The topological polar surface area (TPSA) is 90.9 Å². The molecule has 0 atom stereocenters. The van der Waals surface area contributed by atoms with E-state index in [-0.39, 0.29) is 6.03 Å². The summed E-state index contributed by atoms with van der Waals surface area (Å²) in [5.74, 6) is 0. The molecule has 7 nitrogen and oxygen atoms in total. The lowest BCUT2D eigenvalue weighted by molar-refractivity contribution is 0.169. The highest BCUT2D eigenvalue weighted by Crippen LogP contribution is 2.39. The second kappa shape index (κ2) is 3.46. The summed E-state index contributed by atoms with van der Waals surface area (Å²) in [4.78, 5) is 13.0. The van der Waals surface area contributed by atoms with Crippen LogP contribution < -0.4 is 10.1 Å². The quantitative estimate of drug-likeness (QED) is 0.545. The van der Waals surface area contributed by atoms with E-state index in [1.807, 2.05) is 0 Å². The molecule has 8 heteroatoms. The predicted molar refractivity (Wildman–Crippen MR) is 53.8 cm³/mol. The van der Waals surface area contributed by atoms with Gasteiger partial charge in [-0.3, -0.25) is 4.90 Å². The van der Waals surface area contributed by atoms with Crippen molar-refractivity contribution in [1.29, 1.82) is 0 Å². The molecule has 15 heavy (non-hydrogen) atoms. The number of hydrogen-bond acceptors (Lipinski definition) is 4. The van der Waals surface area contributed by atoms with Crippen LogP contribution in [-0.2, 0) is 10.9 Å². The van der Waals surface area contributed by atoms with Gasteiger partial charge in [-0.2, -0.15) is 9.82 Å². The van der Waals surface area contributed by atoms with Gasteiger partial charge < -0.3 is 0 Å².